The van der Waals surface area contributed by atoms with Crippen molar-refractivity contribution in [1.29, 1.82) is 0 Å². The first-order valence-corrected chi connectivity index (χ1v) is 11.9. The van der Waals surface area contributed by atoms with E-state index in [1.165, 1.54) is 7.11 Å². The molecule has 0 radical (unpaired) electrons. The summed E-state index contributed by atoms with van der Waals surface area (Å²) in [5, 5.41) is 3.46. The minimum Gasteiger partial charge on any atom is -0.469 e. The number of carbonyl (C=O) groups is 1. The number of rotatable bonds is 8. The summed E-state index contributed by atoms with van der Waals surface area (Å²) in [7, 11) is -1.64. The Morgan fingerprint density at radius 3 is 2.00 bits per heavy atom. The van der Waals surface area contributed by atoms with Gasteiger partial charge in [0.25, 0.3) is 0 Å². The maximum absolute atomic E-state index is 14.2. The van der Waals surface area contributed by atoms with Gasteiger partial charge in [0.1, 0.15) is 7.14 Å². The van der Waals surface area contributed by atoms with E-state index in [-0.39, 0.29) is 24.5 Å². The second kappa shape index (κ2) is 10.7. The molecule has 154 valence electrons. The van der Waals surface area contributed by atoms with Gasteiger partial charge in [0.05, 0.1) is 13.0 Å². The van der Waals surface area contributed by atoms with Gasteiger partial charge >= 0.3 is 5.97 Å². The molecular formula is C22H25ClNO3PS. The molecule has 7 heteroatoms. The van der Waals surface area contributed by atoms with Crippen LogP contribution in [-0.2, 0) is 20.5 Å². The highest BCUT2D eigenvalue weighted by molar-refractivity contribution is 7.78. The van der Waals surface area contributed by atoms with E-state index in [1.807, 2.05) is 78.2 Å². The molecule has 3 rings (SSSR count). The van der Waals surface area contributed by atoms with Gasteiger partial charge in [-0.3, -0.25) is 4.79 Å². The first kappa shape index (κ1) is 23.4. The maximum Gasteiger partial charge on any atom is 0.310 e. The summed E-state index contributed by atoms with van der Waals surface area (Å²) in [4.78, 5) is 13.5. The molecule has 0 bridgehead atoms. The zero-order valence-electron chi connectivity index (χ0n) is 16.1. The van der Waals surface area contributed by atoms with Crippen LogP contribution in [0.5, 0.6) is 0 Å². The topological polar surface area (TPSA) is 69.4 Å². The van der Waals surface area contributed by atoms with E-state index in [9.17, 15) is 9.36 Å². The number of carbonyl (C=O) groups excluding carboxylic acids is 1. The van der Waals surface area contributed by atoms with Gasteiger partial charge in [-0.25, -0.2) is 0 Å². The smallest absolute Gasteiger partial charge is 0.310 e. The molecule has 0 aliphatic heterocycles. The summed E-state index contributed by atoms with van der Waals surface area (Å²) >= 11 is 1.57. The highest BCUT2D eigenvalue weighted by Crippen LogP contribution is 2.44. The lowest BCUT2D eigenvalue weighted by atomic mass is 9.97. The first-order valence-electron chi connectivity index (χ1n) is 9.10. The van der Waals surface area contributed by atoms with Crippen molar-refractivity contribution >= 4 is 47.5 Å². The van der Waals surface area contributed by atoms with E-state index >= 15 is 0 Å². The molecule has 0 amide bonds. The molecule has 0 aliphatic carbocycles. The lowest BCUT2D eigenvalue weighted by Gasteiger charge is -2.27. The Bertz CT molecular complexity index is 892. The average molecular weight is 450 g/mol. The number of methoxy groups -OCH3 is 1. The standard InChI is InChI=1S/C22H24NO3PS.ClH/c1-26-22(24)20(15-19-13-8-14-28-19)21(23)16-27(25,17-9-4-2-5-10-17)18-11-6-3-7-12-18;/h2-14,20-21H,15-16,23H2,1H3;1H. The highest BCUT2D eigenvalue weighted by atomic mass is 35.5. The third kappa shape index (κ3) is 5.58. The fraction of sp³-hybridized carbons (Fsp3) is 0.227. The van der Waals surface area contributed by atoms with E-state index in [4.69, 9.17) is 10.5 Å². The molecule has 2 N–H and O–H groups in total. The Balaban J connectivity index is 0.00000300. The minimum atomic E-state index is -3.00. The van der Waals surface area contributed by atoms with Gasteiger partial charge in [-0.2, -0.15) is 0 Å². The molecule has 2 unspecified atom stereocenters. The number of halogens is 1. The quantitative estimate of drug-likeness (QED) is 0.419. The minimum absolute atomic E-state index is 0. The predicted octanol–water partition coefficient (Wildman–Crippen LogP) is 3.84. The van der Waals surface area contributed by atoms with Gasteiger partial charge < -0.3 is 15.0 Å². The molecule has 0 aliphatic rings. The maximum atomic E-state index is 14.2. The first-order chi connectivity index (χ1) is 13.5. The van der Waals surface area contributed by atoms with Crippen LogP contribution >= 0.6 is 30.9 Å². The fourth-order valence-corrected chi connectivity index (χ4v) is 6.97. The Hall–Kier alpha value is -1.91. The summed E-state index contributed by atoms with van der Waals surface area (Å²) in [6, 6.07) is 22.1. The van der Waals surface area contributed by atoms with Crippen molar-refractivity contribution < 1.29 is 14.1 Å². The van der Waals surface area contributed by atoms with Crippen LogP contribution in [0.4, 0.5) is 0 Å². The van der Waals surface area contributed by atoms with Gasteiger partial charge in [0, 0.05) is 27.7 Å². The van der Waals surface area contributed by atoms with Crippen LogP contribution in [0.15, 0.2) is 78.2 Å². The van der Waals surface area contributed by atoms with Crippen molar-refractivity contribution in [1.82, 2.24) is 0 Å². The molecule has 2 atom stereocenters. The molecule has 0 fully saturated rings. The number of esters is 1. The Kier molecular flexibility index (Phi) is 8.66. The van der Waals surface area contributed by atoms with Crippen molar-refractivity contribution in [3.63, 3.8) is 0 Å². The SMILES string of the molecule is COC(=O)C(Cc1cccs1)C(N)CP(=O)(c1ccccc1)c1ccccc1.Cl. The number of ether oxygens (including phenoxy) is 1. The number of hydrogen-bond acceptors (Lipinski definition) is 5. The normalized spacial score (nSPS) is 13.2. The van der Waals surface area contributed by atoms with Crippen LogP contribution in [-0.4, -0.2) is 25.3 Å². The highest BCUT2D eigenvalue weighted by Gasteiger charge is 2.35. The zero-order chi connectivity index (χ0) is 20.0. The van der Waals surface area contributed by atoms with E-state index in [0.29, 0.717) is 6.42 Å². The number of thiophene rings is 1. The number of benzene rings is 2. The molecule has 1 heterocycles. The van der Waals surface area contributed by atoms with Gasteiger partial charge in [0.2, 0.25) is 0 Å². The molecule has 3 aromatic rings. The Labute approximate surface area is 181 Å². The molecule has 2 aromatic carbocycles. The Morgan fingerprint density at radius 2 is 1.55 bits per heavy atom. The third-order valence-electron chi connectivity index (χ3n) is 4.84. The lowest BCUT2D eigenvalue weighted by Crippen LogP contribution is -2.42. The van der Waals surface area contributed by atoms with Crippen molar-refractivity contribution in [2.24, 2.45) is 11.7 Å². The molecule has 29 heavy (non-hydrogen) atoms. The van der Waals surface area contributed by atoms with Crippen LogP contribution in [0.2, 0.25) is 0 Å². The van der Waals surface area contributed by atoms with Crippen molar-refractivity contribution in [3.05, 3.63) is 83.1 Å². The van der Waals surface area contributed by atoms with Crippen LogP contribution in [0, 0.1) is 5.92 Å². The second-order valence-corrected chi connectivity index (χ2v) is 10.6. The summed E-state index contributed by atoms with van der Waals surface area (Å²) in [6.45, 7) is 0. The van der Waals surface area contributed by atoms with E-state index in [0.717, 1.165) is 15.5 Å². The van der Waals surface area contributed by atoms with E-state index in [1.54, 1.807) is 11.3 Å². The Morgan fingerprint density at radius 1 is 1.00 bits per heavy atom. The molecular weight excluding hydrogens is 425 g/mol. The van der Waals surface area contributed by atoms with Crippen molar-refractivity contribution in [3.8, 4) is 0 Å². The third-order valence-corrected chi connectivity index (χ3v) is 8.94. The number of nitrogens with two attached hydrogens (primary N) is 1. The van der Waals surface area contributed by atoms with Crippen LogP contribution < -0.4 is 16.3 Å². The van der Waals surface area contributed by atoms with E-state index in [2.05, 4.69) is 0 Å². The lowest BCUT2D eigenvalue weighted by molar-refractivity contribution is -0.145. The van der Waals surface area contributed by atoms with Gasteiger partial charge in [-0.1, -0.05) is 66.7 Å². The van der Waals surface area contributed by atoms with Gasteiger partial charge in [-0.05, 0) is 17.9 Å². The predicted molar refractivity (Wildman–Crippen MR) is 123 cm³/mol. The molecule has 0 saturated heterocycles. The van der Waals surface area contributed by atoms with Crippen LogP contribution in [0.3, 0.4) is 0 Å². The van der Waals surface area contributed by atoms with Gasteiger partial charge in [-0.15, -0.1) is 23.7 Å². The van der Waals surface area contributed by atoms with Crippen molar-refractivity contribution in [2.45, 2.75) is 12.5 Å². The van der Waals surface area contributed by atoms with E-state index < -0.39 is 19.1 Å². The molecule has 4 nitrogen and oxygen atoms in total. The summed E-state index contributed by atoms with van der Waals surface area (Å²) in [5.41, 5.74) is 6.50. The molecule has 0 spiro atoms. The summed E-state index contributed by atoms with van der Waals surface area (Å²) < 4.78 is 19.2. The zero-order valence-corrected chi connectivity index (χ0v) is 18.7. The van der Waals surface area contributed by atoms with Gasteiger partial charge in [0.15, 0.2) is 0 Å². The largest absolute Gasteiger partial charge is 0.469 e. The molecule has 0 saturated carbocycles. The summed E-state index contributed by atoms with van der Waals surface area (Å²) in [6.07, 6.45) is 0.682. The molecule has 1 aromatic heterocycles. The van der Waals surface area contributed by atoms with Crippen LogP contribution in [0.25, 0.3) is 0 Å². The number of hydrogen-bond donors (Lipinski definition) is 1. The monoisotopic (exact) mass is 449 g/mol. The van der Waals surface area contributed by atoms with Crippen molar-refractivity contribution in [2.75, 3.05) is 13.3 Å². The fourth-order valence-electron chi connectivity index (χ4n) is 3.33. The summed E-state index contributed by atoms with van der Waals surface area (Å²) in [5.74, 6) is -0.919. The second-order valence-electron chi connectivity index (χ2n) is 6.67. The average Bonchev–Trinajstić information content (AvgIpc) is 3.26. The van der Waals surface area contributed by atoms with Crippen LogP contribution in [0.1, 0.15) is 4.88 Å².